The van der Waals surface area contributed by atoms with Gasteiger partial charge in [0.15, 0.2) is 0 Å². The van der Waals surface area contributed by atoms with E-state index in [0.717, 1.165) is 49.7 Å². The molecule has 0 aromatic carbocycles. The van der Waals surface area contributed by atoms with Crippen LogP contribution in [-0.4, -0.2) is 42.5 Å². The maximum atomic E-state index is 7.71. The van der Waals surface area contributed by atoms with E-state index in [1.165, 1.54) is 30.2 Å². The summed E-state index contributed by atoms with van der Waals surface area (Å²) < 4.78 is 7.40. The highest BCUT2D eigenvalue weighted by atomic mass is 16.5. The fourth-order valence-corrected chi connectivity index (χ4v) is 8.16. The Morgan fingerprint density at radius 3 is 2.66 bits per heavy atom. The van der Waals surface area contributed by atoms with Crippen LogP contribution in [0.4, 0.5) is 0 Å². The quantitative estimate of drug-likeness (QED) is 0.318. The van der Waals surface area contributed by atoms with E-state index in [4.69, 9.17) is 10.1 Å². The molecule has 3 heteroatoms. The highest BCUT2D eigenvalue weighted by molar-refractivity contribution is 5.79. The van der Waals surface area contributed by atoms with Crippen molar-refractivity contribution in [3.63, 3.8) is 0 Å². The van der Waals surface area contributed by atoms with Crippen molar-refractivity contribution in [1.29, 1.82) is 5.41 Å². The predicted molar refractivity (Wildman–Crippen MR) is 147 cm³/mol. The molecule has 6 atom stereocenters. The summed E-state index contributed by atoms with van der Waals surface area (Å²) in [4.78, 5) is 2.40. The highest BCUT2D eigenvalue weighted by Crippen LogP contribution is 2.68. The van der Waals surface area contributed by atoms with Crippen molar-refractivity contribution in [3.05, 3.63) is 84.1 Å². The monoisotopic (exact) mass is 470 g/mol. The van der Waals surface area contributed by atoms with Crippen LogP contribution in [0.5, 0.6) is 0 Å². The molecule has 186 valence electrons. The minimum Gasteiger partial charge on any atom is -0.359 e. The smallest absolute Gasteiger partial charge is 0.0974 e. The third kappa shape index (κ3) is 3.74. The lowest BCUT2D eigenvalue weighted by atomic mass is 9.57. The van der Waals surface area contributed by atoms with Gasteiger partial charge in [-0.15, -0.1) is 0 Å². The van der Waals surface area contributed by atoms with Crippen LogP contribution in [0.1, 0.15) is 58.3 Å². The van der Waals surface area contributed by atoms with Crippen LogP contribution in [0.15, 0.2) is 84.1 Å². The molecule has 2 spiro atoms. The maximum absolute atomic E-state index is 7.71. The van der Waals surface area contributed by atoms with E-state index in [2.05, 4.69) is 76.0 Å². The molecular formula is C32H42N2O. The molecule has 3 aliphatic carbocycles. The summed E-state index contributed by atoms with van der Waals surface area (Å²) in [6.07, 6.45) is 23.8. The van der Waals surface area contributed by atoms with Crippen molar-refractivity contribution in [1.82, 2.24) is 4.90 Å². The molecule has 5 rings (SSSR count). The Morgan fingerprint density at radius 1 is 1.14 bits per heavy atom. The lowest BCUT2D eigenvalue weighted by molar-refractivity contribution is -0.140. The van der Waals surface area contributed by atoms with E-state index in [1.54, 1.807) is 11.6 Å². The van der Waals surface area contributed by atoms with E-state index in [1.807, 2.05) is 0 Å². The van der Waals surface area contributed by atoms with Crippen molar-refractivity contribution in [2.45, 2.75) is 75.5 Å². The molecule has 1 saturated heterocycles. The van der Waals surface area contributed by atoms with Crippen LogP contribution in [0.2, 0.25) is 0 Å². The van der Waals surface area contributed by atoms with Crippen LogP contribution in [-0.2, 0) is 4.74 Å². The number of hydrogen-bond donors (Lipinski definition) is 1. The molecule has 2 heterocycles. The largest absolute Gasteiger partial charge is 0.359 e. The maximum Gasteiger partial charge on any atom is 0.0974 e. The first kappa shape index (κ1) is 24.5. The Hall–Kier alpha value is -2.23. The fraction of sp³-hybridized carbons (Fsp3) is 0.531. The molecule has 2 aliphatic heterocycles. The highest BCUT2D eigenvalue weighted by Gasteiger charge is 2.66. The third-order valence-electron chi connectivity index (χ3n) is 10.1. The van der Waals surface area contributed by atoms with Gasteiger partial charge >= 0.3 is 0 Å². The summed E-state index contributed by atoms with van der Waals surface area (Å²) in [5.41, 5.74) is 5.84. The molecule has 2 saturated carbocycles. The predicted octanol–water partition coefficient (Wildman–Crippen LogP) is 7.12. The van der Waals surface area contributed by atoms with Gasteiger partial charge in [-0.2, -0.15) is 0 Å². The summed E-state index contributed by atoms with van der Waals surface area (Å²) in [5.74, 6) is 0.904. The Labute approximate surface area is 212 Å². The van der Waals surface area contributed by atoms with Gasteiger partial charge in [0, 0.05) is 12.3 Å². The minimum atomic E-state index is -0.141. The second-order valence-electron chi connectivity index (χ2n) is 12.0. The number of nitrogens with zero attached hydrogens (tertiary/aromatic N) is 1. The van der Waals surface area contributed by atoms with Gasteiger partial charge in [-0.05, 0) is 111 Å². The van der Waals surface area contributed by atoms with Crippen molar-refractivity contribution < 1.29 is 4.74 Å². The van der Waals surface area contributed by atoms with Crippen LogP contribution < -0.4 is 0 Å². The molecular weight excluding hydrogens is 428 g/mol. The first-order valence-electron chi connectivity index (χ1n) is 13.4. The lowest BCUT2D eigenvalue weighted by Crippen LogP contribution is -2.55. The van der Waals surface area contributed by atoms with Crippen molar-refractivity contribution >= 4 is 6.21 Å². The summed E-state index contributed by atoms with van der Waals surface area (Å²) in [6, 6.07) is 0.601. The minimum absolute atomic E-state index is 0.0599. The molecule has 3 fully saturated rings. The van der Waals surface area contributed by atoms with E-state index in [0.29, 0.717) is 17.9 Å². The SMILES string of the molecule is C=CC(=C)/C=C\C(=C/C(=C)C=N)[C@H]1CC[C@@H]2[C@]1(C)CC=C1C=C3CC[C@H](N(C)C)C[C@]34CC[C@@]12O4. The number of ether oxygens (including phenoxy) is 1. The van der Waals surface area contributed by atoms with Gasteiger partial charge in [0.1, 0.15) is 0 Å². The van der Waals surface area contributed by atoms with Crippen LogP contribution in [0.3, 0.4) is 0 Å². The van der Waals surface area contributed by atoms with Gasteiger partial charge in [0.25, 0.3) is 0 Å². The molecule has 0 aromatic rings. The van der Waals surface area contributed by atoms with Gasteiger partial charge in [0.05, 0.1) is 11.2 Å². The van der Waals surface area contributed by atoms with Crippen LogP contribution >= 0.6 is 0 Å². The Kier molecular flexibility index (Phi) is 6.09. The molecule has 1 N–H and O–H groups in total. The number of allylic oxidation sites excluding steroid dienone is 8. The van der Waals surface area contributed by atoms with Gasteiger partial charge in [0.2, 0.25) is 0 Å². The molecule has 0 aromatic heterocycles. The number of hydrogen-bond acceptors (Lipinski definition) is 3. The first-order valence-corrected chi connectivity index (χ1v) is 13.4. The summed E-state index contributed by atoms with van der Waals surface area (Å²) in [6.45, 7) is 14.5. The standard InChI is InChI=1S/C32H42N2O/c1-7-22(2)8-9-24(18-23(3)21-33)28-12-13-29-30(28,4)15-14-26-19-25-10-11-27(34(5)6)20-31(25)16-17-32(26,29)35-31/h7-9,14,18-19,21,27-29,33H,1-3,10-13,15-17,20H2,4-6H3/b9-8-,24-18+,33-21?/t27-,28+,29+,30+,31+,32+/m0/s1. The normalized spacial score (nSPS) is 40.0. The second kappa shape index (κ2) is 8.71. The summed E-state index contributed by atoms with van der Waals surface area (Å²) in [7, 11) is 4.44. The van der Waals surface area contributed by atoms with Crippen molar-refractivity contribution in [3.8, 4) is 0 Å². The van der Waals surface area contributed by atoms with E-state index in [9.17, 15) is 0 Å². The van der Waals surface area contributed by atoms with E-state index >= 15 is 0 Å². The van der Waals surface area contributed by atoms with Gasteiger partial charge < -0.3 is 15.0 Å². The van der Waals surface area contributed by atoms with E-state index in [-0.39, 0.29) is 16.6 Å². The Bertz CT molecular complexity index is 1090. The molecule has 3 nitrogen and oxygen atoms in total. The van der Waals surface area contributed by atoms with Crippen molar-refractivity contribution in [2.75, 3.05) is 14.1 Å². The number of rotatable bonds is 7. The van der Waals surface area contributed by atoms with E-state index < -0.39 is 0 Å². The zero-order valence-corrected chi connectivity index (χ0v) is 21.9. The molecule has 0 radical (unpaired) electrons. The molecule has 0 amide bonds. The molecule has 0 unspecified atom stereocenters. The average molecular weight is 471 g/mol. The zero-order valence-electron chi connectivity index (χ0n) is 21.9. The van der Waals surface area contributed by atoms with Crippen molar-refractivity contribution in [2.24, 2.45) is 17.3 Å². The lowest BCUT2D eigenvalue weighted by Gasteiger charge is -2.55. The Morgan fingerprint density at radius 2 is 1.94 bits per heavy atom. The number of nitrogens with one attached hydrogen (secondary N) is 1. The molecule has 5 aliphatic rings. The Balaban J connectivity index is 1.52. The average Bonchev–Trinajstić information content (AvgIpc) is 3.35. The van der Waals surface area contributed by atoms with Crippen LogP contribution in [0.25, 0.3) is 0 Å². The summed E-state index contributed by atoms with van der Waals surface area (Å²) in [5, 5.41) is 7.71. The van der Waals surface area contributed by atoms with Gasteiger partial charge in [-0.1, -0.05) is 63.1 Å². The van der Waals surface area contributed by atoms with Gasteiger partial charge in [-0.25, -0.2) is 0 Å². The van der Waals surface area contributed by atoms with Crippen LogP contribution in [0, 0.1) is 22.7 Å². The second-order valence-corrected chi connectivity index (χ2v) is 12.0. The topological polar surface area (TPSA) is 36.3 Å². The third-order valence-corrected chi connectivity index (χ3v) is 10.1. The fourth-order valence-electron chi connectivity index (χ4n) is 8.16. The number of fused-ring (bicyclic) bond motifs is 1. The van der Waals surface area contributed by atoms with Gasteiger partial charge in [-0.3, -0.25) is 0 Å². The molecule has 2 bridgehead atoms. The molecule has 35 heavy (non-hydrogen) atoms. The zero-order chi connectivity index (χ0) is 25.0. The summed E-state index contributed by atoms with van der Waals surface area (Å²) >= 11 is 0. The first-order chi connectivity index (χ1) is 16.7.